The Bertz CT molecular complexity index is 292. The van der Waals surface area contributed by atoms with Gasteiger partial charge in [-0.2, -0.15) is 0 Å². The molecular formula is C12H18FNO2. The summed E-state index contributed by atoms with van der Waals surface area (Å²) in [6, 6.07) is 9.57. The van der Waals surface area contributed by atoms with E-state index in [0.717, 1.165) is 5.56 Å². The smallest absolute Gasteiger partial charge is 0.117 e. The topological polar surface area (TPSA) is 43.7 Å². The van der Waals surface area contributed by atoms with Crippen LogP contribution in [0.2, 0.25) is 0 Å². The fourth-order valence-electron chi connectivity index (χ4n) is 1.49. The maximum atomic E-state index is 12.2. The predicted molar refractivity (Wildman–Crippen MR) is 60.5 cm³/mol. The lowest BCUT2D eigenvalue weighted by molar-refractivity contribution is -0.0207. The molecule has 1 aromatic carbocycles. The van der Waals surface area contributed by atoms with Crippen molar-refractivity contribution >= 4 is 0 Å². The van der Waals surface area contributed by atoms with Crippen molar-refractivity contribution in [3.8, 4) is 0 Å². The van der Waals surface area contributed by atoms with Crippen LogP contribution in [-0.4, -0.2) is 40.7 Å². The van der Waals surface area contributed by atoms with E-state index < -0.39 is 19.0 Å². The monoisotopic (exact) mass is 227 g/mol. The molecule has 0 aromatic heterocycles. The molecule has 0 radical (unpaired) electrons. The number of aliphatic hydroxyl groups excluding tert-OH is 2. The fourth-order valence-corrected chi connectivity index (χ4v) is 1.49. The Morgan fingerprint density at radius 2 is 1.88 bits per heavy atom. The molecule has 2 atom stereocenters. The second kappa shape index (κ2) is 6.58. The third-order valence-electron chi connectivity index (χ3n) is 2.38. The van der Waals surface area contributed by atoms with Crippen molar-refractivity contribution in [2.45, 2.75) is 25.8 Å². The van der Waals surface area contributed by atoms with E-state index in [1.165, 1.54) is 0 Å². The van der Waals surface area contributed by atoms with E-state index >= 15 is 0 Å². The standard InChI is InChI=1S/C12H18FNO2/c1-10(15)14(9-12(16)7-13)8-11-5-3-2-4-6-11/h2-6,10,12,15-16H,7-9H2,1H3. The van der Waals surface area contributed by atoms with E-state index in [-0.39, 0.29) is 6.54 Å². The lowest BCUT2D eigenvalue weighted by atomic mass is 10.2. The van der Waals surface area contributed by atoms with Gasteiger partial charge in [-0.1, -0.05) is 30.3 Å². The minimum atomic E-state index is -1.04. The first kappa shape index (κ1) is 13.1. The van der Waals surface area contributed by atoms with E-state index in [2.05, 4.69) is 0 Å². The van der Waals surface area contributed by atoms with Crippen LogP contribution in [0.4, 0.5) is 4.39 Å². The number of nitrogens with zero attached hydrogens (tertiary/aromatic N) is 1. The minimum absolute atomic E-state index is 0.128. The van der Waals surface area contributed by atoms with Gasteiger partial charge in [0.1, 0.15) is 12.9 Å². The highest BCUT2D eigenvalue weighted by atomic mass is 19.1. The molecule has 3 nitrogen and oxygen atoms in total. The van der Waals surface area contributed by atoms with Gasteiger partial charge in [0.25, 0.3) is 0 Å². The van der Waals surface area contributed by atoms with Crippen molar-refractivity contribution in [2.24, 2.45) is 0 Å². The number of hydrogen-bond donors (Lipinski definition) is 2. The molecule has 16 heavy (non-hydrogen) atoms. The zero-order valence-electron chi connectivity index (χ0n) is 9.38. The average Bonchev–Trinajstić information content (AvgIpc) is 2.29. The second-order valence-electron chi connectivity index (χ2n) is 3.86. The van der Waals surface area contributed by atoms with Crippen LogP contribution in [0.1, 0.15) is 12.5 Å². The number of hydrogen-bond acceptors (Lipinski definition) is 3. The minimum Gasteiger partial charge on any atom is -0.389 e. The summed E-state index contributed by atoms with van der Waals surface area (Å²) < 4.78 is 12.2. The number of benzene rings is 1. The number of rotatable bonds is 6. The highest BCUT2D eigenvalue weighted by Crippen LogP contribution is 2.07. The van der Waals surface area contributed by atoms with Gasteiger partial charge in [-0.3, -0.25) is 4.90 Å². The quantitative estimate of drug-likeness (QED) is 0.717. The van der Waals surface area contributed by atoms with Gasteiger partial charge in [0.05, 0.1) is 6.10 Å². The zero-order valence-corrected chi connectivity index (χ0v) is 9.38. The van der Waals surface area contributed by atoms with Crippen molar-refractivity contribution in [3.05, 3.63) is 35.9 Å². The maximum Gasteiger partial charge on any atom is 0.117 e. The molecule has 0 bridgehead atoms. The van der Waals surface area contributed by atoms with Crippen molar-refractivity contribution in [3.63, 3.8) is 0 Å². The molecule has 2 unspecified atom stereocenters. The molecule has 1 rings (SSSR count). The number of alkyl halides is 1. The average molecular weight is 227 g/mol. The first-order valence-electron chi connectivity index (χ1n) is 5.33. The van der Waals surface area contributed by atoms with Gasteiger partial charge in [0.15, 0.2) is 0 Å². The summed E-state index contributed by atoms with van der Waals surface area (Å²) in [5.74, 6) is 0. The normalized spacial score (nSPS) is 15.1. The van der Waals surface area contributed by atoms with E-state index in [9.17, 15) is 14.6 Å². The van der Waals surface area contributed by atoms with Crippen LogP contribution in [-0.2, 0) is 6.54 Å². The molecule has 1 aromatic rings. The van der Waals surface area contributed by atoms with E-state index in [1.807, 2.05) is 30.3 Å². The van der Waals surface area contributed by atoms with Gasteiger partial charge in [0.2, 0.25) is 0 Å². The first-order valence-corrected chi connectivity index (χ1v) is 5.33. The predicted octanol–water partition coefficient (Wildman–Crippen LogP) is 1.16. The highest BCUT2D eigenvalue weighted by Gasteiger charge is 2.15. The van der Waals surface area contributed by atoms with Crippen LogP contribution < -0.4 is 0 Å². The zero-order chi connectivity index (χ0) is 12.0. The lowest BCUT2D eigenvalue weighted by Gasteiger charge is -2.26. The summed E-state index contributed by atoms with van der Waals surface area (Å²) in [6.07, 6.45) is -1.75. The molecule has 90 valence electrons. The van der Waals surface area contributed by atoms with Crippen molar-refractivity contribution < 1.29 is 14.6 Å². The van der Waals surface area contributed by atoms with Gasteiger partial charge < -0.3 is 10.2 Å². The Kier molecular flexibility index (Phi) is 5.38. The Morgan fingerprint density at radius 1 is 1.25 bits per heavy atom. The van der Waals surface area contributed by atoms with Crippen LogP contribution >= 0.6 is 0 Å². The van der Waals surface area contributed by atoms with Crippen molar-refractivity contribution in [2.75, 3.05) is 13.2 Å². The number of halogens is 1. The van der Waals surface area contributed by atoms with Crippen LogP contribution in [0.15, 0.2) is 30.3 Å². The Hall–Kier alpha value is -0.970. The fraction of sp³-hybridized carbons (Fsp3) is 0.500. The van der Waals surface area contributed by atoms with E-state index in [4.69, 9.17) is 0 Å². The largest absolute Gasteiger partial charge is 0.389 e. The molecule has 0 amide bonds. The van der Waals surface area contributed by atoms with Gasteiger partial charge in [-0.15, -0.1) is 0 Å². The molecule has 0 heterocycles. The summed E-state index contributed by atoms with van der Waals surface area (Å²) in [5, 5.41) is 18.7. The lowest BCUT2D eigenvalue weighted by Crippen LogP contribution is -2.39. The van der Waals surface area contributed by atoms with Gasteiger partial charge in [-0.05, 0) is 12.5 Å². The summed E-state index contributed by atoms with van der Waals surface area (Å²) in [5.41, 5.74) is 1.02. The molecule has 0 fully saturated rings. The second-order valence-corrected chi connectivity index (χ2v) is 3.86. The third kappa shape index (κ3) is 4.26. The first-order chi connectivity index (χ1) is 7.63. The van der Waals surface area contributed by atoms with Crippen molar-refractivity contribution in [1.29, 1.82) is 0 Å². The van der Waals surface area contributed by atoms with Crippen LogP contribution in [0.25, 0.3) is 0 Å². The molecule has 0 aliphatic carbocycles. The summed E-state index contributed by atoms with van der Waals surface area (Å²) in [7, 11) is 0. The van der Waals surface area contributed by atoms with E-state index in [1.54, 1.807) is 11.8 Å². The molecule has 0 aliphatic rings. The van der Waals surface area contributed by atoms with Gasteiger partial charge in [-0.25, -0.2) is 4.39 Å². The molecule has 0 spiro atoms. The SMILES string of the molecule is CC(O)N(Cc1ccccc1)CC(O)CF. The number of aliphatic hydroxyl groups is 2. The summed E-state index contributed by atoms with van der Waals surface area (Å²) >= 11 is 0. The Morgan fingerprint density at radius 3 is 2.38 bits per heavy atom. The Balaban J connectivity index is 2.58. The van der Waals surface area contributed by atoms with Crippen LogP contribution in [0.5, 0.6) is 0 Å². The van der Waals surface area contributed by atoms with Crippen LogP contribution in [0, 0.1) is 0 Å². The third-order valence-corrected chi connectivity index (χ3v) is 2.38. The summed E-state index contributed by atoms with van der Waals surface area (Å²) in [4.78, 5) is 1.62. The van der Waals surface area contributed by atoms with E-state index in [0.29, 0.717) is 6.54 Å². The van der Waals surface area contributed by atoms with Crippen LogP contribution in [0.3, 0.4) is 0 Å². The summed E-state index contributed by atoms with van der Waals surface area (Å²) in [6.45, 7) is 1.44. The maximum absolute atomic E-state index is 12.2. The Labute approximate surface area is 95.1 Å². The van der Waals surface area contributed by atoms with Gasteiger partial charge >= 0.3 is 0 Å². The molecule has 0 aliphatic heterocycles. The van der Waals surface area contributed by atoms with Crippen molar-refractivity contribution in [1.82, 2.24) is 4.90 Å². The molecule has 2 N–H and O–H groups in total. The molecular weight excluding hydrogens is 209 g/mol. The highest BCUT2D eigenvalue weighted by molar-refractivity contribution is 5.14. The molecule has 0 saturated carbocycles. The molecule has 4 heteroatoms. The molecule has 0 saturated heterocycles. The van der Waals surface area contributed by atoms with Gasteiger partial charge in [0, 0.05) is 13.1 Å².